The Hall–Kier alpha value is -1.59. The molecular formula is C15H21N3OS. The Balaban J connectivity index is 2.04. The molecule has 5 heteroatoms. The third-order valence-electron chi connectivity index (χ3n) is 3.16. The Morgan fingerprint density at radius 2 is 2.15 bits per heavy atom. The van der Waals surface area contributed by atoms with E-state index in [2.05, 4.69) is 23.6 Å². The van der Waals surface area contributed by atoms with Gasteiger partial charge < -0.3 is 16.4 Å². The SMILES string of the molecule is CCNCCCNC(=O)c1sc2cc(C)ccc2c1N. The molecule has 0 spiro atoms. The van der Waals surface area contributed by atoms with Crippen molar-refractivity contribution >= 4 is 33.0 Å². The molecule has 1 aromatic carbocycles. The molecule has 0 aliphatic rings. The number of amides is 1. The molecule has 0 aliphatic carbocycles. The van der Waals surface area contributed by atoms with Crippen LogP contribution in [0.5, 0.6) is 0 Å². The van der Waals surface area contributed by atoms with Crippen LogP contribution in [0.3, 0.4) is 0 Å². The zero-order chi connectivity index (χ0) is 14.5. The molecule has 0 fully saturated rings. The van der Waals surface area contributed by atoms with Crippen LogP contribution in [0, 0.1) is 6.92 Å². The molecule has 1 heterocycles. The summed E-state index contributed by atoms with van der Waals surface area (Å²) in [4.78, 5) is 12.8. The van der Waals surface area contributed by atoms with Crippen molar-refractivity contribution in [3.8, 4) is 0 Å². The number of fused-ring (bicyclic) bond motifs is 1. The highest BCUT2D eigenvalue weighted by Crippen LogP contribution is 2.33. The number of nitrogens with two attached hydrogens (primary N) is 1. The zero-order valence-electron chi connectivity index (χ0n) is 12.0. The molecule has 0 atom stereocenters. The normalized spacial score (nSPS) is 10.9. The minimum Gasteiger partial charge on any atom is -0.397 e. The fourth-order valence-electron chi connectivity index (χ4n) is 2.06. The molecule has 0 radical (unpaired) electrons. The van der Waals surface area contributed by atoms with Gasteiger partial charge in [-0.25, -0.2) is 0 Å². The van der Waals surface area contributed by atoms with Gasteiger partial charge >= 0.3 is 0 Å². The first-order valence-electron chi connectivity index (χ1n) is 6.91. The molecule has 2 rings (SSSR count). The highest BCUT2D eigenvalue weighted by Gasteiger charge is 2.15. The summed E-state index contributed by atoms with van der Waals surface area (Å²) in [6.45, 7) is 6.64. The van der Waals surface area contributed by atoms with E-state index in [4.69, 9.17) is 5.73 Å². The van der Waals surface area contributed by atoms with Crippen LogP contribution in [-0.4, -0.2) is 25.5 Å². The van der Waals surface area contributed by atoms with Crippen LogP contribution in [-0.2, 0) is 0 Å². The maximum atomic E-state index is 12.2. The number of rotatable bonds is 6. The van der Waals surface area contributed by atoms with Gasteiger partial charge in [0, 0.05) is 16.6 Å². The highest BCUT2D eigenvalue weighted by atomic mass is 32.1. The second-order valence-corrected chi connectivity index (χ2v) is 5.86. The van der Waals surface area contributed by atoms with E-state index < -0.39 is 0 Å². The third-order valence-corrected chi connectivity index (χ3v) is 4.32. The van der Waals surface area contributed by atoms with Gasteiger partial charge in [-0.1, -0.05) is 19.1 Å². The first-order chi connectivity index (χ1) is 9.63. The van der Waals surface area contributed by atoms with Gasteiger partial charge in [-0.15, -0.1) is 11.3 Å². The van der Waals surface area contributed by atoms with Gasteiger partial charge in [0.1, 0.15) is 4.88 Å². The average Bonchev–Trinajstić information content (AvgIpc) is 2.75. The number of aryl methyl sites for hydroxylation is 1. The summed E-state index contributed by atoms with van der Waals surface area (Å²) in [6.07, 6.45) is 0.920. The van der Waals surface area contributed by atoms with Gasteiger partial charge in [0.2, 0.25) is 0 Å². The molecular weight excluding hydrogens is 270 g/mol. The molecule has 4 N–H and O–H groups in total. The zero-order valence-corrected chi connectivity index (χ0v) is 12.8. The molecule has 20 heavy (non-hydrogen) atoms. The third kappa shape index (κ3) is 3.29. The second kappa shape index (κ2) is 6.72. The molecule has 0 bridgehead atoms. The van der Waals surface area contributed by atoms with Gasteiger partial charge in [-0.05, 0) is 38.1 Å². The lowest BCUT2D eigenvalue weighted by molar-refractivity contribution is 0.0958. The van der Waals surface area contributed by atoms with Gasteiger partial charge in [0.05, 0.1) is 5.69 Å². The summed E-state index contributed by atoms with van der Waals surface area (Å²) in [5, 5.41) is 7.12. The van der Waals surface area contributed by atoms with Crippen molar-refractivity contribution in [1.29, 1.82) is 0 Å². The minimum absolute atomic E-state index is 0.0714. The van der Waals surface area contributed by atoms with E-state index in [1.165, 1.54) is 16.9 Å². The van der Waals surface area contributed by atoms with Crippen molar-refractivity contribution in [2.24, 2.45) is 0 Å². The molecule has 0 unspecified atom stereocenters. The predicted molar refractivity (Wildman–Crippen MR) is 86.5 cm³/mol. The lowest BCUT2D eigenvalue weighted by Crippen LogP contribution is -2.27. The number of hydrogen-bond donors (Lipinski definition) is 3. The number of anilines is 1. The molecule has 0 aliphatic heterocycles. The number of carbonyl (C=O) groups is 1. The van der Waals surface area contributed by atoms with Crippen LogP contribution >= 0.6 is 11.3 Å². The van der Waals surface area contributed by atoms with Crippen molar-refractivity contribution in [2.45, 2.75) is 20.3 Å². The number of carbonyl (C=O) groups excluding carboxylic acids is 1. The van der Waals surface area contributed by atoms with Crippen LogP contribution in [0.2, 0.25) is 0 Å². The average molecular weight is 291 g/mol. The molecule has 0 saturated heterocycles. The number of benzene rings is 1. The minimum atomic E-state index is -0.0714. The smallest absolute Gasteiger partial charge is 0.263 e. The second-order valence-electron chi connectivity index (χ2n) is 4.81. The van der Waals surface area contributed by atoms with E-state index in [0.717, 1.165) is 29.6 Å². The van der Waals surface area contributed by atoms with Gasteiger partial charge in [-0.2, -0.15) is 0 Å². The maximum absolute atomic E-state index is 12.2. The maximum Gasteiger partial charge on any atom is 0.263 e. The summed E-state index contributed by atoms with van der Waals surface area (Å²) in [6, 6.07) is 6.07. The summed E-state index contributed by atoms with van der Waals surface area (Å²) in [5.41, 5.74) is 7.85. The fraction of sp³-hybridized carbons (Fsp3) is 0.400. The van der Waals surface area contributed by atoms with Crippen molar-refractivity contribution in [1.82, 2.24) is 10.6 Å². The number of nitrogens with one attached hydrogen (secondary N) is 2. The number of nitrogen functional groups attached to an aromatic ring is 1. The topological polar surface area (TPSA) is 67.1 Å². The lowest BCUT2D eigenvalue weighted by Gasteiger charge is -2.04. The van der Waals surface area contributed by atoms with Crippen LogP contribution < -0.4 is 16.4 Å². The number of thiophene rings is 1. The molecule has 4 nitrogen and oxygen atoms in total. The summed E-state index contributed by atoms with van der Waals surface area (Å²) >= 11 is 1.46. The Bertz CT molecular complexity index is 606. The van der Waals surface area contributed by atoms with E-state index in [1.807, 2.05) is 19.1 Å². The van der Waals surface area contributed by atoms with Crippen molar-refractivity contribution in [2.75, 3.05) is 25.4 Å². The predicted octanol–water partition coefficient (Wildman–Crippen LogP) is 2.52. The Morgan fingerprint density at radius 3 is 2.90 bits per heavy atom. The summed E-state index contributed by atoms with van der Waals surface area (Å²) < 4.78 is 1.07. The van der Waals surface area contributed by atoms with Gasteiger partial charge in [-0.3, -0.25) is 4.79 Å². The molecule has 1 amide bonds. The van der Waals surface area contributed by atoms with Crippen molar-refractivity contribution in [3.05, 3.63) is 28.6 Å². The Labute approximate surface area is 123 Å². The Kier molecular flexibility index (Phi) is 4.98. The standard InChI is InChI=1S/C15H21N3OS/c1-3-17-7-4-8-18-15(19)14-13(16)11-6-5-10(2)9-12(11)20-14/h5-6,9,17H,3-4,7-8,16H2,1-2H3,(H,18,19). The largest absolute Gasteiger partial charge is 0.397 e. The van der Waals surface area contributed by atoms with Crippen LogP contribution in [0.15, 0.2) is 18.2 Å². The molecule has 2 aromatic rings. The van der Waals surface area contributed by atoms with Crippen molar-refractivity contribution in [3.63, 3.8) is 0 Å². The summed E-state index contributed by atoms with van der Waals surface area (Å²) in [5.74, 6) is -0.0714. The monoisotopic (exact) mass is 291 g/mol. The number of hydrogen-bond acceptors (Lipinski definition) is 4. The molecule has 1 aromatic heterocycles. The highest BCUT2D eigenvalue weighted by molar-refractivity contribution is 7.21. The van der Waals surface area contributed by atoms with E-state index in [0.29, 0.717) is 17.1 Å². The van der Waals surface area contributed by atoms with Gasteiger partial charge in [0.25, 0.3) is 5.91 Å². The molecule has 108 valence electrons. The summed E-state index contributed by atoms with van der Waals surface area (Å²) in [7, 11) is 0. The fourth-order valence-corrected chi connectivity index (χ4v) is 3.20. The van der Waals surface area contributed by atoms with Crippen LogP contribution in [0.25, 0.3) is 10.1 Å². The first-order valence-corrected chi connectivity index (χ1v) is 7.72. The van der Waals surface area contributed by atoms with E-state index in [9.17, 15) is 4.79 Å². The van der Waals surface area contributed by atoms with Gasteiger partial charge in [0.15, 0.2) is 0 Å². The molecule has 0 saturated carbocycles. The van der Waals surface area contributed by atoms with Crippen molar-refractivity contribution < 1.29 is 4.79 Å². The van der Waals surface area contributed by atoms with E-state index in [-0.39, 0.29) is 5.91 Å². The quantitative estimate of drug-likeness (QED) is 0.716. The lowest BCUT2D eigenvalue weighted by atomic mass is 10.1. The van der Waals surface area contributed by atoms with Crippen LogP contribution in [0.1, 0.15) is 28.6 Å². The Morgan fingerprint density at radius 1 is 1.35 bits per heavy atom. The van der Waals surface area contributed by atoms with E-state index in [1.54, 1.807) is 0 Å². The first kappa shape index (κ1) is 14.8. The van der Waals surface area contributed by atoms with E-state index >= 15 is 0 Å². The van der Waals surface area contributed by atoms with Crippen LogP contribution in [0.4, 0.5) is 5.69 Å².